The first kappa shape index (κ1) is 21.6. The highest BCUT2D eigenvalue weighted by Crippen LogP contribution is 2.31. The second-order valence-corrected chi connectivity index (χ2v) is 8.33. The van der Waals surface area contributed by atoms with Crippen LogP contribution in [0.15, 0.2) is 59.0 Å². The van der Waals surface area contributed by atoms with Crippen LogP contribution in [-0.2, 0) is 0 Å². The molecule has 0 saturated carbocycles. The monoisotopic (exact) mass is 489 g/mol. The van der Waals surface area contributed by atoms with E-state index in [1.165, 1.54) is 12.1 Å². The van der Waals surface area contributed by atoms with Gasteiger partial charge in [-0.05, 0) is 73.2 Å². The fourth-order valence-electron chi connectivity index (χ4n) is 3.02. The van der Waals surface area contributed by atoms with E-state index in [4.69, 9.17) is 51.4 Å². The molecule has 0 aliphatic rings. The molecule has 0 unspecified atom stereocenters. The Balaban J connectivity index is 1.55. The zero-order valence-electron chi connectivity index (χ0n) is 16.0. The summed E-state index contributed by atoms with van der Waals surface area (Å²) in [7, 11) is 0. The molecule has 31 heavy (non-hydrogen) atoms. The average Bonchev–Trinajstić information content (AvgIpc) is 3.12. The van der Waals surface area contributed by atoms with E-state index in [2.05, 4.69) is 15.6 Å². The van der Waals surface area contributed by atoms with E-state index in [0.717, 1.165) is 11.1 Å². The van der Waals surface area contributed by atoms with Crippen molar-refractivity contribution in [1.82, 2.24) is 10.3 Å². The highest BCUT2D eigenvalue weighted by molar-refractivity contribution is 7.80. The number of carbonyl (C=O) groups is 1. The second kappa shape index (κ2) is 8.85. The zero-order chi connectivity index (χ0) is 22.1. The number of hydrogen-bond acceptors (Lipinski definition) is 4. The molecule has 1 amide bonds. The third kappa shape index (κ3) is 4.67. The number of nitrogens with one attached hydrogen (secondary N) is 2. The minimum absolute atomic E-state index is 0.126. The molecule has 1 heterocycles. The number of nitrogens with zero attached hydrogens (tertiary/aromatic N) is 1. The van der Waals surface area contributed by atoms with Gasteiger partial charge in [0.1, 0.15) is 5.52 Å². The number of halogens is 3. The molecule has 0 saturated heterocycles. The van der Waals surface area contributed by atoms with Gasteiger partial charge in [0.15, 0.2) is 10.7 Å². The van der Waals surface area contributed by atoms with Crippen molar-refractivity contribution in [3.63, 3.8) is 0 Å². The summed E-state index contributed by atoms with van der Waals surface area (Å²) < 4.78 is 5.87. The predicted molar refractivity (Wildman–Crippen MR) is 129 cm³/mol. The third-order valence-corrected chi connectivity index (χ3v) is 5.55. The maximum absolute atomic E-state index is 12.5. The summed E-state index contributed by atoms with van der Waals surface area (Å²) in [5.74, 6) is 0.0186. The Hall–Kier alpha value is -2.64. The average molecular weight is 491 g/mol. The molecule has 9 heteroatoms. The Morgan fingerprint density at radius 2 is 1.77 bits per heavy atom. The molecule has 4 rings (SSSR count). The van der Waals surface area contributed by atoms with Crippen molar-refractivity contribution in [3.8, 4) is 11.5 Å². The minimum Gasteiger partial charge on any atom is -0.436 e. The van der Waals surface area contributed by atoms with Crippen LogP contribution in [0.1, 0.15) is 15.9 Å². The number of aromatic nitrogens is 1. The van der Waals surface area contributed by atoms with Crippen LogP contribution in [0.5, 0.6) is 0 Å². The predicted octanol–water partition coefficient (Wildman–Crippen LogP) is 6.89. The Labute approximate surface area is 198 Å². The number of anilines is 1. The molecule has 0 fully saturated rings. The SMILES string of the molecule is Cc1c(NC(=S)NC(=O)c2ccc(Cl)cc2Cl)cccc1-c1nc2cc(Cl)ccc2o1. The normalized spacial score (nSPS) is 10.8. The Kier molecular flexibility index (Phi) is 6.16. The topological polar surface area (TPSA) is 67.2 Å². The summed E-state index contributed by atoms with van der Waals surface area (Å²) in [6.45, 7) is 1.90. The molecule has 5 nitrogen and oxygen atoms in total. The van der Waals surface area contributed by atoms with E-state index < -0.39 is 5.91 Å². The van der Waals surface area contributed by atoms with E-state index in [1.807, 2.05) is 25.1 Å². The zero-order valence-corrected chi connectivity index (χ0v) is 19.1. The lowest BCUT2D eigenvalue weighted by Gasteiger charge is -2.14. The third-order valence-electron chi connectivity index (χ3n) is 4.56. The van der Waals surface area contributed by atoms with Crippen molar-refractivity contribution in [2.45, 2.75) is 6.92 Å². The smallest absolute Gasteiger partial charge is 0.258 e. The maximum Gasteiger partial charge on any atom is 0.258 e. The lowest BCUT2D eigenvalue weighted by molar-refractivity contribution is 0.0978. The lowest BCUT2D eigenvalue weighted by Crippen LogP contribution is -2.34. The van der Waals surface area contributed by atoms with Crippen molar-refractivity contribution < 1.29 is 9.21 Å². The largest absolute Gasteiger partial charge is 0.436 e. The first-order valence-electron chi connectivity index (χ1n) is 9.05. The Morgan fingerprint density at radius 1 is 1.03 bits per heavy atom. The Morgan fingerprint density at radius 3 is 2.55 bits per heavy atom. The van der Waals surface area contributed by atoms with Crippen LogP contribution >= 0.6 is 47.0 Å². The summed E-state index contributed by atoms with van der Waals surface area (Å²) in [6.07, 6.45) is 0. The van der Waals surface area contributed by atoms with Crippen molar-refractivity contribution >= 4 is 74.8 Å². The quantitative estimate of drug-likeness (QED) is 0.306. The van der Waals surface area contributed by atoms with E-state index >= 15 is 0 Å². The van der Waals surface area contributed by atoms with Crippen LogP contribution in [0.25, 0.3) is 22.6 Å². The van der Waals surface area contributed by atoms with Gasteiger partial charge in [-0.15, -0.1) is 0 Å². The van der Waals surface area contributed by atoms with Crippen molar-refractivity contribution in [3.05, 3.63) is 80.8 Å². The molecular weight excluding hydrogens is 477 g/mol. The van der Waals surface area contributed by atoms with Crippen LogP contribution in [0.4, 0.5) is 5.69 Å². The number of hydrogen-bond donors (Lipinski definition) is 2. The van der Waals surface area contributed by atoms with Gasteiger partial charge in [-0.3, -0.25) is 10.1 Å². The number of thiocarbonyl (C=S) groups is 1. The van der Waals surface area contributed by atoms with Gasteiger partial charge in [0.25, 0.3) is 5.91 Å². The second-order valence-electron chi connectivity index (χ2n) is 6.64. The summed E-state index contributed by atoms with van der Waals surface area (Å²) in [5, 5.41) is 7.04. The van der Waals surface area contributed by atoms with Crippen LogP contribution in [-0.4, -0.2) is 16.0 Å². The summed E-state index contributed by atoms with van der Waals surface area (Å²) in [6, 6.07) is 15.5. The molecule has 1 aromatic heterocycles. The van der Waals surface area contributed by atoms with E-state index in [9.17, 15) is 4.79 Å². The Bertz CT molecular complexity index is 1340. The minimum atomic E-state index is -0.441. The molecule has 156 valence electrons. The fraction of sp³-hybridized carbons (Fsp3) is 0.0455. The van der Waals surface area contributed by atoms with Crippen molar-refractivity contribution in [2.24, 2.45) is 0 Å². The number of carbonyl (C=O) groups excluding carboxylic acids is 1. The molecule has 0 bridgehead atoms. The number of fused-ring (bicyclic) bond motifs is 1. The number of oxazole rings is 1. The maximum atomic E-state index is 12.5. The number of amides is 1. The van der Waals surface area contributed by atoms with Crippen molar-refractivity contribution in [1.29, 1.82) is 0 Å². The summed E-state index contributed by atoms with van der Waals surface area (Å²) >= 11 is 23.3. The van der Waals surface area contributed by atoms with Gasteiger partial charge in [0.2, 0.25) is 5.89 Å². The molecule has 0 atom stereocenters. The molecule has 0 aliphatic heterocycles. The molecule has 2 N–H and O–H groups in total. The summed E-state index contributed by atoms with van der Waals surface area (Å²) in [4.78, 5) is 17.0. The van der Waals surface area contributed by atoms with Gasteiger partial charge in [-0.2, -0.15) is 0 Å². The van der Waals surface area contributed by atoms with E-state index in [1.54, 1.807) is 24.3 Å². The van der Waals surface area contributed by atoms with E-state index in [0.29, 0.717) is 32.7 Å². The molecule has 0 radical (unpaired) electrons. The fourth-order valence-corrected chi connectivity index (χ4v) is 3.88. The molecule has 4 aromatic rings. The van der Waals surface area contributed by atoms with Crippen LogP contribution in [0.2, 0.25) is 15.1 Å². The van der Waals surface area contributed by atoms with Gasteiger partial charge in [-0.25, -0.2) is 4.98 Å². The van der Waals surface area contributed by atoms with Gasteiger partial charge in [-0.1, -0.05) is 40.9 Å². The van der Waals surface area contributed by atoms with Crippen LogP contribution in [0.3, 0.4) is 0 Å². The van der Waals surface area contributed by atoms with Gasteiger partial charge in [0, 0.05) is 21.3 Å². The molecule has 0 spiro atoms. The summed E-state index contributed by atoms with van der Waals surface area (Å²) in [5.41, 5.74) is 3.91. The first-order valence-corrected chi connectivity index (χ1v) is 10.6. The van der Waals surface area contributed by atoms with E-state index in [-0.39, 0.29) is 15.7 Å². The molecule has 0 aliphatic carbocycles. The number of benzene rings is 3. The highest BCUT2D eigenvalue weighted by atomic mass is 35.5. The first-order chi connectivity index (χ1) is 14.8. The van der Waals surface area contributed by atoms with Gasteiger partial charge in [0.05, 0.1) is 10.6 Å². The van der Waals surface area contributed by atoms with Crippen molar-refractivity contribution in [2.75, 3.05) is 5.32 Å². The van der Waals surface area contributed by atoms with Crippen LogP contribution < -0.4 is 10.6 Å². The van der Waals surface area contributed by atoms with Gasteiger partial charge < -0.3 is 9.73 Å². The lowest BCUT2D eigenvalue weighted by atomic mass is 10.1. The number of rotatable bonds is 3. The van der Waals surface area contributed by atoms with Gasteiger partial charge >= 0.3 is 0 Å². The highest BCUT2D eigenvalue weighted by Gasteiger charge is 2.16. The molecule has 3 aromatic carbocycles. The molecular formula is C22H14Cl3N3O2S. The standard InChI is InChI=1S/C22H14Cl3N3O2S/c1-11-14(21-26-18-10-13(24)6-8-19(18)30-21)3-2-4-17(11)27-22(31)28-20(29)15-7-5-12(23)9-16(15)25/h2-10H,1H3,(H2,27,28,29,31). The van der Waals surface area contributed by atoms with Crippen LogP contribution in [0, 0.1) is 6.92 Å².